The van der Waals surface area contributed by atoms with Crippen molar-refractivity contribution in [2.75, 3.05) is 0 Å². The number of benzene rings is 2. The fraction of sp³-hybridized carbons (Fsp3) is 0. The Bertz CT molecular complexity index is 848. The van der Waals surface area contributed by atoms with E-state index in [1.807, 2.05) is 30.3 Å². The van der Waals surface area contributed by atoms with E-state index in [2.05, 4.69) is 23.2 Å². The van der Waals surface area contributed by atoms with Gasteiger partial charge in [0.15, 0.2) is 0 Å². The van der Waals surface area contributed by atoms with Crippen molar-refractivity contribution in [3.8, 4) is 0 Å². The Kier molecular flexibility index (Phi) is 1.64. The van der Waals surface area contributed by atoms with Crippen molar-refractivity contribution in [1.82, 2.24) is 9.07 Å². The highest BCUT2D eigenvalue weighted by Crippen LogP contribution is 2.34. The van der Waals surface area contributed by atoms with Crippen molar-refractivity contribution in [2.24, 2.45) is 0 Å². The fourth-order valence-corrected chi connectivity index (χ4v) is 2.83. The minimum Gasteiger partial charge on any atom is -0.353 e. The molecule has 0 radical (unpaired) electrons. The SMILES string of the molecule is Cln1c2ccccc2c2[nH]c3ccccc3c21. The summed E-state index contributed by atoms with van der Waals surface area (Å²) in [4.78, 5) is 3.44. The van der Waals surface area contributed by atoms with Crippen LogP contribution in [-0.2, 0) is 0 Å². The van der Waals surface area contributed by atoms with Gasteiger partial charge in [0.1, 0.15) is 0 Å². The van der Waals surface area contributed by atoms with E-state index in [9.17, 15) is 0 Å². The number of nitrogens with one attached hydrogen (secondary N) is 1. The molecule has 2 heterocycles. The highest BCUT2D eigenvalue weighted by molar-refractivity contribution is 6.30. The minimum atomic E-state index is 1.04. The van der Waals surface area contributed by atoms with Crippen LogP contribution < -0.4 is 0 Å². The van der Waals surface area contributed by atoms with E-state index in [-0.39, 0.29) is 0 Å². The van der Waals surface area contributed by atoms with Crippen LogP contribution in [0.1, 0.15) is 0 Å². The van der Waals surface area contributed by atoms with Gasteiger partial charge in [-0.25, -0.2) is 0 Å². The second-order valence-corrected chi connectivity index (χ2v) is 4.53. The molecule has 0 saturated carbocycles. The summed E-state index contributed by atoms with van der Waals surface area (Å²) in [5, 5.41) is 2.32. The molecule has 0 unspecified atom stereocenters. The van der Waals surface area contributed by atoms with Gasteiger partial charge in [-0.3, -0.25) is 4.09 Å². The maximum absolute atomic E-state index is 6.41. The van der Waals surface area contributed by atoms with Gasteiger partial charge in [-0.15, -0.1) is 0 Å². The highest BCUT2D eigenvalue weighted by atomic mass is 35.5. The summed E-state index contributed by atoms with van der Waals surface area (Å²) in [6.45, 7) is 0. The van der Waals surface area contributed by atoms with E-state index in [0.717, 1.165) is 32.8 Å². The lowest BCUT2D eigenvalue weighted by atomic mass is 10.2. The maximum atomic E-state index is 6.41. The molecule has 0 aliphatic rings. The number of fused-ring (bicyclic) bond motifs is 5. The summed E-state index contributed by atoms with van der Waals surface area (Å²) in [6, 6.07) is 16.4. The van der Waals surface area contributed by atoms with Gasteiger partial charge < -0.3 is 4.98 Å². The first kappa shape index (κ1) is 9.14. The Hall–Kier alpha value is -1.93. The topological polar surface area (TPSA) is 20.7 Å². The fourth-order valence-electron chi connectivity index (χ4n) is 2.50. The molecule has 0 saturated heterocycles. The van der Waals surface area contributed by atoms with Crippen LogP contribution in [0, 0.1) is 0 Å². The highest BCUT2D eigenvalue weighted by Gasteiger charge is 2.13. The summed E-state index contributed by atoms with van der Waals surface area (Å²) in [7, 11) is 0. The van der Waals surface area contributed by atoms with Crippen molar-refractivity contribution >= 4 is 44.6 Å². The molecular formula is C14H9ClN2. The predicted molar refractivity (Wildman–Crippen MR) is 72.6 cm³/mol. The number of para-hydroxylation sites is 2. The van der Waals surface area contributed by atoms with E-state index in [0.29, 0.717) is 0 Å². The first-order valence-corrected chi connectivity index (χ1v) is 5.86. The van der Waals surface area contributed by atoms with Gasteiger partial charge in [0.25, 0.3) is 0 Å². The number of aromatic nitrogens is 2. The zero-order valence-electron chi connectivity index (χ0n) is 8.94. The van der Waals surface area contributed by atoms with Crippen LogP contribution in [0.5, 0.6) is 0 Å². The maximum Gasteiger partial charge on any atom is 0.0916 e. The third-order valence-corrected chi connectivity index (χ3v) is 3.61. The van der Waals surface area contributed by atoms with Crippen LogP contribution in [0.3, 0.4) is 0 Å². The smallest absolute Gasteiger partial charge is 0.0916 e. The molecule has 2 nitrogen and oxygen atoms in total. The number of nitrogens with zero attached hydrogens (tertiary/aromatic N) is 1. The summed E-state index contributed by atoms with van der Waals surface area (Å²) in [5.74, 6) is 0. The van der Waals surface area contributed by atoms with Gasteiger partial charge in [-0.05, 0) is 12.1 Å². The monoisotopic (exact) mass is 240 g/mol. The van der Waals surface area contributed by atoms with Gasteiger partial charge in [0.2, 0.25) is 0 Å². The van der Waals surface area contributed by atoms with E-state index in [1.165, 1.54) is 0 Å². The average molecular weight is 241 g/mol. The largest absolute Gasteiger partial charge is 0.353 e. The Labute approximate surface area is 103 Å². The van der Waals surface area contributed by atoms with Crippen molar-refractivity contribution in [1.29, 1.82) is 0 Å². The first-order valence-electron chi connectivity index (χ1n) is 5.52. The van der Waals surface area contributed by atoms with Crippen molar-refractivity contribution in [3.63, 3.8) is 0 Å². The predicted octanol–water partition coefficient (Wildman–Crippen LogP) is 4.28. The molecule has 4 aromatic rings. The lowest BCUT2D eigenvalue weighted by molar-refractivity contribution is 1.41. The van der Waals surface area contributed by atoms with E-state index in [4.69, 9.17) is 11.8 Å². The second-order valence-electron chi connectivity index (χ2n) is 4.19. The van der Waals surface area contributed by atoms with Gasteiger partial charge in [-0.1, -0.05) is 36.4 Å². The second kappa shape index (κ2) is 3.05. The standard InChI is InChI=1S/C14H9ClN2/c15-17-12-8-4-2-6-10(12)13-14(17)9-5-1-3-7-11(9)16-13/h1-8,16H. The Morgan fingerprint density at radius 1 is 0.882 bits per heavy atom. The molecule has 82 valence electrons. The van der Waals surface area contributed by atoms with Crippen molar-refractivity contribution in [3.05, 3.63) is 48.5 Å². The van der Waals surface area contributed by atoms with Crippen LogP contribution in [0.2, 0.25) is 0 Å². The molecule has 0 fully saturated rings. The third kappa shape index (κ3) is 1.06. The summed E-state index contributed by atoms with van der Waals surface area (Å²) >= 11 is 6.41. The first-order chi connectivity index (χ1) is 8.36. The lowest BCUT2D eigenvalue weighted by Gasteiger charge is -1.94. The van der Waals surface area contributed by atoms with Crippen LogP contribution >= 0.6 is 11.8 Å². The molecule has 0 atom stereocenters. The quantitative estimate of drug-likeness (QED) is 0.474. The molecule has 2 aromatic heterocycles. The average Bonchev–Trinajstić information content (AvgIpc) is 2.88. The van der Waals surface area contributed by atoms with Crippen LogP contribution in [-0.4, -0.2) is 9.07 Å². The normalized spacial score (nSPS) is 11.8. The van der Waals surface area contributed by atoms with Crippen LogP contribution in [0.15, 0.2) is 48.5 Å². The lowest BCUT2D eigenvalue weighted by Crippen LogP contribution is -1.78. The van der Waals surface area contributed by atoms with E-state index in [1.54, 1.807) is 4.09 Å². The molecule has 0 bridgehead atoms. The number of hydrogen-bond donors (Lipinski definition) is 1. The molecule has 3 heteroatoms. The van der Waals surface area contributed by atoms with Gasteiger partial charge in [0, 0.05) is 28.1 Å². The molecule has 0 aliphatic heterocycles. The molecule has 1 N–H and O–H groups in total. The summed E-state index contributed by atoms with van der Waals surface area (Å²) in [5.41, 5.74) is 4.33. The molecule has 4 rings (SSSR count). The van der Waals surface area contributed by atoms with Crippen molar-refractivity contribution in [2.45, 2.75) is 0 Å². The van der Waals surface area contributed by atoms with Crippen LogP contribution in [0.4, 0.5) is 0 Å². The molecule has 0 spiro atoms. The van der Waals surface area contributed by atoms with E-state index < -0.39 is 0 Å². The van der Waals surface area contributed by atoms with Crippen LogP contribution in [0.25, 0.3) is 32.8 Å². The zero-order chi connectivity index (χ0) is 11.4. The number of rotatable bonds is 0. The minimum absolute atomic E-state index is 1.04. The number of hydrogen-bond acceptors (Lipinski definition) is 0. The molecule has 2 aromatic carbocycles. The number of H-pyrrole nitrogens is 1. The Morgan fingerprint density at radius 3 is 2.47 bits per heavy atom. The molecule has 0 amide bonds. The summed E-state index contributed by atoms with van der Waals surface area (Å²) in [6.07, 6.45) is 0. The molecule has 17 heavy (non-hydrogen) atoms. The van der Waals surface area contributed by atoms with Gasteiger partial charge >= 0.3 is 0 Å². The number of aromatic amines is 1. The Balaban J connectivity index is 2.40. The summed E-state index contributed by atoms with van der Waals surface area (Å²) < 4.78 is 1.74. The zero-order valence-corrected chi connectivity index (χ0v) is 9.70. The molecule has 0 aliphatic carbocycles. The Morgan fingerprint density at radius 2 is 1.59 bits per heavy atom. The van der Waals surface area contributed by atoms with Crippen molar-refractivity contribution < 1.29 is 0 Å². The molecular weight excluding hydrogens is 232 g/mol. The number of halogens is 1. The third-order valence-electron chi connectivity index (χ3n) is 3.26. The van der Waals surface area contributed by atoms with Gasteiger partial charge in [-0.2, -0.15) is 0 Å². The van der Waals surface area contributed by atoms with Gasteiger partial charge in [0.05, 0.1) is 16.6 Å². The van der Waals surface area contributed by atoms with E-state index >= 15 is 0 Å².